The Hall–Kier alpha value is -1.34. The van der Waals surface area contributed by atoms with Crippen LogP contribution in [0.1, 0.15) is 176 Å². The molecule has 0 aromatic rings. The van der Waals surface area contributed by atoms with Crippen LogP contribution in [0.15, 0.2) is 0 Å². The van der Waals surface area contributed by atoms with Crippen molar-refractivity contribution in [3.63, 3.8) is 0 Å². The second kappa shape index (κ2) is 34.0. The molecule has 53 heavy (non-hydrogen) atoms. The molecule has 0 amide bonds. The lowest BCUT2D eigenvalue weighted by Gasteiger charge is -2.27. The fourth-order valence-electron chi connectivity index (χ4n) is 6.68. The summed E-state index contributed by atoms with van der Waals surface area (Å²) in [6, 6.07) is 0. The van der Waals surface area contributed by atoms with Gasteiger partial charge in [0.25, 0.3) is 0 Å². The molecule has 5 atom stereocenters. The second-order valence-corrected chi connectivity index (χ2v) is 15.8. The summed E-state index contributed by atoms with van der Waals surface area (Å²) in [6.07, 6.45) is 16.3. The van der Waals surface area contributed by atoms with Crippen LogP contribution in [0.25, 0.3) is 0 Å². The molecule has 0 bridgehead atoms. The normalized spacial score (nSPS) is 15.3. The average Bonchev–Trinajstić information content (AvgIpc) is 3.08. The summed E-state index contributed by atoms with van der Waals surface area (Å²) in [5.74, 6) is -1.21. The number of nitrogens with zero attached hydrogens (tertiary/aromatic N) is 2. The first-order valence-corrected chi connectivity index (χ1v) is 21.6. The van der Waals surface area contributed by atoms with E-state index in [0.29, 0.717) is 65.0 Å². The molecule has 0 saturated carbocycles. The molecule has 0 radical (unpaired) electrons. The summed E-state index contributed by atoms with van der Waals surface area (Å²) in [6.45, 7) is 13.2. The number of hydrogen-bond acceptors (Lipinski definition) is 11. The Kier molecular flexibility index (Phi) is 33.1. The first kappa shape index (κ1) is 51.7. The number of rotatable bonds is 38. The first-order valence-electron chi connectivity index (χ1n) is 21.6. The lowest BCUT2D eigenvalue weighted by molar-refractivity contribution is -0.154. The van der Waals surface area contributed by atoms with E-state index in [1.165, 1.54) is 6.92 Å². The molecule has 316 valence electrons. The highest BCUT2D eigenvalue weighted by molar-refractivity contribution is 5.74. The summed E-state index contributed by atoms with van der Waals surface area (Å²) >= 11 is 0. The molecule has 11 heteroatoms. The van der Waals surface area contributed by atoms with Crippen molar-refractivity contribution in [3.8, 4) is 0 Å². The number of carbonyl (C=O) groups excluding carboxylic acids is 2. The molecule has 0 aliphatic carbocycles. The molecular formula is C42H84N2O9. The van der Waals surface area contributed by atoms with E-state index in [2.05, 4.69) is 32.6 Å². The van der Waals surface area contributed by atoms with Crippen LogP contribution in [0.3, 0.4) is 0 Å². The summed E-state index contributed by atoms with van der Waals surface area (Å²) in [7, 11) is 0. The fraction of sp³-hybridized carbons (Fsp3) is 0.952. The van der Waals surface area contributed by atoms with Crippen LogP contribution < -0.4 is 0 Å². The molecule has 0 aliphatic rings. The highest BCUT2D eigenvalue weighted by Crippen LogP contribution is 2.17. The van der Waals surface area contributed by atoms with Crippen molar-refractivity contribution < 1.29 is 44.6 Å². The molecule has 0 aliphatic heterocycles. The third kappa shape index (κ3) is 32.6. The lowest BCUT2D eigenvalue weighted by Crippen LogP contribution is -2.39. The third-order valence-electron chi connectivity index (χ3n) is 9.75. The predicted molar refractivity (Wildman–Crippen MR) is 214 cm³/mol. The van der Waals surface area contributed by atoms with Gasteiger partial charge >= 0.3 is 11.9 Å². The van der Waals surface area contributed by atoms with E-state index in [1.807, 2.05) is 4.90 Å². The number of unbranched alkanes of at least 4 members (excludes halogenated alkanes) is 10. The molecular weight excluding hydrogens is 676 g/mol. The number of carbonyl (C=O) groups is 2. The summed E-state index contributed by atoms with van der Waals surface area (Å²) in [4.78, 5) is 29.3. The maximum absolute atomic E-state index is 12.6. The van der Waals surface area contributed by atoms with Gasteiger partial charge in [0.15, 0.2) is 0 Å². The van der Waals surface area contributed by atoms with Crippen molar-refractivity contribution in [1.29, 1.82) is 0 Å². The van der Waals surface area contributed by atoms with Gasteiger partial charge in [0.05, 0.1) is 56.1 Å². The van der Waals surface area contributed by atoms with Crippen molar-refractivity contribution in [1.82, 2.24) is 9.80 Å². The topological polar surface area (TPSA) is 160 Å². The Labute approximate surface area is 324 Å². The zero-order valence-electron chi connectivity index (χ0n) is 34.8. The Balaban J connectivity index is 4.73. The van der Waals surface area contributed by atoms with Crippen LogP contribution in [-0.2, 0) is 19.1 Å². The van der Waals surface area contributed by atoms with Crippen LogP contribution in [0.2, 0.25) is 0 Å². The number of aliphatic hydroxyl groups is 5. The van der Waals surface area contributed by atoms with E-state index in [9.17, 15) is 35.1 Å². The third-order valence-corrected chi connectivity index (χ3v) is 9.75. The first-order chi connectivity index (χ1) is 25.3. The van der Waals surface area contributed by atoms with Gasteiger partial charge in [-0.1, -0.05) is 118 Å². The van der Waals surface area contributed by atoms with Gasteiger partial charge in [-0.05, 0) is 45.4 Å². The smallest absolute Gasteiger partial charge is 0.308 e. The van der Waals surface area contributed by atoms with Crippen LogP contribution in [0.5, 0.6) is 0 Å². The zero-order valence-corrected chi connectivity index (χ0v) is 34.8. The Morgan fingerprint density at radius 1 is 0.491 bits per heavy atom. The molecule has 0 spiro atoms. The van der Waals surface area contributed by atoms with Gasteiger partial charge in [-0.3, -0.25) is 19.4 Å². The second-order valence-electron chi connectivity index (χ2n) is 15.8. The van der Waals surface area contributed by atoms with Crippen molar-refractivity contribution >= 4 is 11.9 Å². The van der Waals surface area contributed by atoms with Crippen molar-refractivity contribution in [3.05, 3.63) is 0 Å². The largest absolute Gasteiger partial charge is 0.466 e. The van der Waals surface area contributed by atoms with Crippen molar-refractivity contribution in [2.45, 2.75) is 206 Å². The van der Waals surface area contributed by atoms with Crippen molar-refractivity contribution in [2.24, 2.45) is 0 Å². The SMILES string of the molecule is CCCCCCC(O)CN(CCCOC(=O)CC(C)(O)CC(=O)OCCCN(CC(O)CCCCC)CC(O)CCCCC)CC(O)CCCCCC. The number of ether oxygens (including phenoxy) is 2. The minimum Gasteiger partial charge on any atom is -0.466 e. The van der Waals surface area contributed by atoms with Gasteiger partial charge in [0, 0.05) is 39.3 Å². The average molecular weight is 761 g/mol. The van der Waals surface area contributed by atoms with E-state index >= 15 is 0 Å². The number of aliphatic hydroxyl groups excluding tert-OH is 4. The minimum absolute atomic E-state index is 0.130. The highest BCUT2D eigenvalue weighted by atomic mass is 16.5. The van der Waals surface area contributed by atoms with Gasteiger partial charge in [-0.15, -0.1) is 0 Å². The zero-order chi connectivity index (χ0) is 39.7. The minimum atomic E-state index is -1.62. The standard InChI is InChI=1S/C42H84N2O9/c1-6-10-14-18-24-38(47)34-44(35-39(48)25-19-15-11-7-2)27-21-29-53-41(50)31-42(5,51)30-40(49)52-28-20-26-43(32-36(45)22-16-12-8-3)33-37(46)23-17-13-9-4/h36-39,45-48,51H,6-35H2,1-5H3. The quantitative estimate of drug-likeness (QED) is 0.0344. The van der Waals surface area contributed by atoms with Crippen LogP contribution in [-0.4, -0.2) is 130 Å². The monoisotopic (exact) mass is 761 g/mol. The van der Waals surface area contributed by atoms with Crippen molar-refractivity contribution in [2.75, 3.05) is 52.5 Å². The highest BCUT2D eigenvalue weighted by Gasteiger charge is 2.29. The molecule has 0 heterocycles. The lowest BCUT2D eigenvalue weighted by atomic mass is 9.98. The Bertz CT molecular complexity index is 824. The molecule has 5 unspecified atom stereocenters. The van der Waals surface area contributed by atoms with E-state index < -0.39 is 42.0 Å². The van der Waals surface area contributed by atoms with Gasteiger partial charge < -0.3 is 35.0 Å². The van der Waals surface area contributed by atoms with Gasteiger partial charge in [0.2, 0.25) is 0 Å². The number of hydrogen-bond donors (Lipinski definition) is 5. The molecule has 5 N–H and O–H groups in total. The van der Waals surface area contributed by atoms with Crippen LogP contribution in [0, 0.1) is 0 Å². The van der Waals surface area contributed by atoms with E-state index in [4.69, 9.17) is 9.47 Å². The van der Waals surface area contributed by atoms with E-state index in [1.54, 1.807) is 0 Å². The molecule has 0 aromatic heterocycles. The molecule has 0 aromatic carbocycles. The maximum Gasteiger partial charge on any atom is 0.308 e. The summed E-state index contributed by atoms with van der Waals surface area (Å²) in [5, 5.41) is 53.2. The summed E-state index contributed by atoms with van der Waals surface area (Å²) in [5.41, 5.74) is -1.62. The number of esters is 2. The molecule has 0 saturated heterocycles. The maximum atomic E-state index is 12.6. The van der Waals surface area contributed by atoms with Crippen LogP contribution >= 0.6 is 0 Å². The van der Waals surface area contributed by atoms with E-state index in [-0.39, 0.29) is 26.1 Å². The molecule has 0 fully saturated rings. The predicted octanol–water partition coefficient (Wildman–Crippen LogP) is 6.53. The Morgan fingerprint density at radius 3 is 1.08 bits per heavy atom. The van der Waals surface area contributed by atoms with E-state index in [0.717, 1.165) is 103 Å². The van der Waals surface area contributed by atoms with Crippen LogP contribution in [0.4, 0.5) is 0 Å². The Morgan fingerprint density at radius 2 is 0.774 bits per heavy atom. The molecule has 0 rings (SSSR count). The van der Waals surface area contributed by atoms with Gasteiger partial charge in [0.1, 0.15) is 0 Å². The fourth-order valence-corrected chi connectivity index (χ4v) is 6.68. The summed E-state index contributed by atoms with van der Waals surface area (Å²) < 4.78 is 10.8. The van der Waals surface area contributed by atoms with Gasteiger partial charge in [-0.25, -0.2) is 0 Å². The molecule has 11 nitrogen and oxygen atoms in total. The van der Waals surface area contributed by atoms with Gasteiger partial charge in [-0.2, -0.15) is 0 Å².